The highest BCUT2D eigenvalue weighted by Crippen LogP contribution is 2.28. The molecule has 1 aromatic heterocycles. The zero-order valence-electron chi connectivity index (χ0n) is 9.69. The van der Waals surface area contributed by atoms with Gasteiger partial charge in [0.25, 0.3) is 0 Å². The number of carboxylic acid groups (broad SMARTS) is 1. The van der Waals surface area contributed by atoms with E-state index < -0.39 is 5.97 Å². The maximum absolute atomic E-state index is 10.4. The predicted octanol–water partition coefficient (Wildman–Crippen LogP) is 2.13. The van der Waals surface area contributed by atoms with Gasteiger partial charge in [0, 0.05) is 11.8 Å². The number of hydrogen-bond donors (Lipinski definition) is 2. The second-order valence-electron chi connectivity index (χ2n) is 3.90. The van der Waals surface area contributed by atoms with Crippen molar-refractivity contribution in [2.75, 3.05) is 0 Å². The Morgan fingerprint density at radius 3 is 2.69 bits per heavy atom. The summed E-state index contributed by atoms with van der Waals surface area (Å²) < 4.78 is 0. The van der Waals surface area contributed by atoms with Crippen LogP contribution in [0.1, 0.15) is 43.8 Å². The predicted molar refractivity (Wildman–Crippen MR) is 64.5 cm³/mol. The van der Waals surface area contributed by atoms with E-state index in [-0.39, 0.29) is 12.0 Å². The van der Waals surface area contributed by atoms with Gasteiger partial charge >= 0.3 is 5.97 Å². The van der Waals surface area contributed by atoms with Gasteiger partial charge in [0.2, 0.25) is 0 Å². The lowest BCUT2D eigenvalue weighted by Crippen LogP contribution is -2.34. The lowest BCUT2D eigenvalue weighted by atomic mass is 9.95. The Morgan fingerprint density at radius 2 is 2.19 bits per heavy atom. The number of nitrogens with zero attached hydrogens (tertiary/aromatic N) is 1. The van der Waals surface area contributed by atoms with Crippen molar-refractivity contribution in [2.24, 2.45) is 5.73 Å². The maximum Gasteiger partial charge on any atom is 0.303 e. The molecule has 0 fully saturated rings. The summed E-state index contributed by atoms with van der Waals surface area (Å²) in [7, 11) is 0. The summed E-state index contributed by atoms with van der Waals surface area (Å²) in [4.78, 5) is 14.9. The molecular weight excluding hydrogens is 224 g/mol. The van der Waals surface area contributed by atoms with Gasteiger partial charge in [-0.15, -0.1) is 11.3 Å². The number of aliphatic carboxylic acids is 1. The molecule has 16 heavy (non-hydrogen) atoms. The third-order valence-electron chi connectivity index (χ3n) is 2.83. The molecule has 0 aliphatic carbocycles. The van der Waals surface area contributed by atoms with Crippen LogP contribution >= 0.6 is 11.3 Å². The van der Waals surface area contributed by atoms with Crippen molar-refractivity contribution in [2.45, 2.75) is 45.1 Å². The minimum absolute atomic E-state index is 0.124. The zero-order valence-corrected chi connectivity index (χ0v) is 10.5. The molecular formula is C11H18N2O2S. The standard InChI is InChI=1S/C11H18N2O2S/c1-3-11(12,4-2)10-13-8(7-16-10)5-6-9(14)15/h7H,3-6,12H2,1-2H3,(H,14,15). The van der Waals surface area contributed by atoms with Gasteiger partial charge in [-0.3, -0.25) is 4.79 Å². The van der Waals surface area contributed by atoms with Crippen molar-refractivity contribution >= 4 is 17.3 Å². The summed E-state index contributed by atoms with van der Waals surface area (Å²) in [5, 5.41) is 11.4. The fourth-order valence-corrected chi connectivity index (χ4v) is 2.55. The van der Waals surface area contributed by atoms with E-state index >= 15 is 0 Å². The number of carbonyl (C=O) groups is 1. The van der Waals surface area contributed by atoms with Crippen molar-refractivity contribution in [3.05, 3.63) is 16.1 Å². The van der Waals surface area contributed by atoms with E-state index in [0.29, 0.717) is 6.42 Å². The molecule has 4 nitrogen and oxygen atoms in total. The number of aromatic nitrogens is 1. The third kappa shape index (κ3) is 3.02. The lowest BCUT2D eigenvalue weighted by molar-refractivity contribution is -0.136. The molecule has 5 heteroatoms. The molecule has 90 valence electrons. The van der Waals surface area contributed by atoms with Crippen molar-refractivity contribution in [1.29, 1.82) is 0 Å². The van der Waals surface area contributed by atoms with Crippen LogP contribution in [0.15, 0.2) is 5.38 Å². The monoisotopic (exact) mass is 242 g/mol. The molecule has 0 radical (unpaired) electrons. The highest BCUT2D eigenvalue weighted by molar-refractivity contribution is 7.09. The van der Waals surface area contributed by atoms with E-state index in [2.05, 4.69) is 4.98 Å². The van der Waals surface area contributed by atoms with Gasteiger partial charge < -0.3 is 10.8 Å². The second-order valence-corrected chi connectivity index (χ2v) is 4.76. The molecule has 0 saturated heterocycles. The average molecular weight is 242 g/mol. The number of hydrogen-bond acceptors (Lipinski definition) is 4. The molecule has 1 aromatic rings. The fraction of sp³-hybridized carbons (Fsp3) is 0.636. The Bertz CT molecular complexity index is 359. The van der Waals surface area contributed by atoms with Crippen molar-refractivity contribution in [3.63, 3.8) is 0 Å². The molecule has 1 heterocycles. The molecule has 0 aliphatic rings. The molecule has 1 rings (SSSR count). The van der Waals surface area contributed by atoms with Gasteiger partial charge in [-0.2, -0.15) is 0 Å². The summed E-state index contributed by atoms with van der Waals surface area (Å²) in [6.45, 7) is 4.09. The molecule has 0 amide bonds. The normalized spacial score (nSPS) is 11.7. The highest BCUT2D eigenvalue weighted by atomic mass is 32.1. The van der Waals surface area contributed by atoms with Crippen LogP contribution in [0.5, 0.6) is 0 Å². The lowest BCUT2D eigenvalue weighted by Gasteiger charge is -2.23. The van der Waals surface area contributed by atoms with Gasteiger partial charge in [-0.25, -0.2) is 4.98 Å². The van der Waals surface area contributed by atoms with Gasteiger partial charge in [-0.1, -0.05) is 13.8 Å². The van der Waals surface area contributed by atoms with E-state index in [4.69, 9.17) is 10.8 Å². The van der Waals surface area contributed by atoms with Gasteiger partial charge in [0.15, 0.2) is 0 Å². The number of carboxylic acids is 1. The largest absolute Gasteiger partial charge is 0.481 e. The Hall–Kier alpha value is -0.940. The third-order valence-corrected chi connectivity index (χ3v) is 3.95. The molecule has 0 atom stereocenters. The van der Waals surface area contributed by atoms with Crippen LogP contribution in [0.25, 0.3) is 0 Å². The Balaban J connectivity index is 2.74. The first-order chi connectivity index (χ1) is 7.51. The Labute approximate surface area is 99.5 Å². The first kappa shape index (κ1) is 13.1. The number of thiazole rings is 1. The smallest absolute Gasteiger partial charge is 0.303 e. The number of rotatable bonds is 6. The molecule has 0 aliphatic heterocycles. The molecule has 3 N–H and O–H groups in total. The molecule has 0 unspecified atom stereocenters. The summed E-state index contributed by atoms with van der Waals surface area (Å²) in [6.07, 6.45) is 2.29. The highest BCUT2D eigenvalue weighted by Gasteiger charge is 2.26. The van der Waals surface area contributed by atoms with Crippen LogP contribution in [0.4, 0.5) is 0 Å². The quantitative estimate of drug-likeness (QED) is 0.801. The molecule has 0 saturated carbocycles. The van der Waals surface area contributed by atoms with Crippen LogP contribution in [0.3, 0.4) is 0 Å². The minimum Gasteiger partial charge on any atom is -0.481 e. The van der Waals surface area contributed by atoms with E-state index in [1.54, 1.807) is 0 Å². The van der Waals surface area contributed by atoms with Gasteiger partial charge in [-0.05, 0) is 12.8 Å². The van der Waals surface area contributed by atoms with E-state index in [9.17, 15) is 4.79 Å². The minimum atomic E-state index is -0.792. The van der Waals surface area contributed by atoms with E-state index in [1.165, 1.54) is 11.3 Å². The molecule has 0 spiro atoms. The van der Waals surface area contributed by atoms with Crippen LogP contribution < -0.4 is 5.73 Å². The van der Waals surface area contributed by atoms with Crippen LogP contribution in [-0.4, -0.2) is 16.1 Å². The first-order valence-corrected chi connectivity index (χ1v) is 6.35. The summed E-state index contributed by atoms with van der Waals surface area (Å²) in [6, 6.07) is 0. The molecule has 0 aromatic carbocycles. The topological polar surface area (TPSA) is 76.2 Å². The fourth-order valence-electron chi connectivity index (χ4n) is 1.44. The number of aryl methyl sites for hydroxylation is 1. The van der Waals surface area contributed by atoms with Gasteiger partial charge in [0.05, 0.1) is 17.7 Å². The average Bonchev–Trinajstić information content (AvgIpc) is 2.74. The van der Waals surface area contributed by atoms with Crippen LogP contribution in [0.2, 0.25) is 0 Å². The van der Waals surface area contributed by atoms with Crippen molar-refractivity contribution in [3.8, 4) is 0 Å². The van der Waals surface area contributed by atoms with Crippen molar-refractivity contribution in [1.82, 2.24) is 4.98 Å². The summed E-state index contributed by atoms with van der Waals surface area (Å²) >= 11 is 1.53. The summed E-state index contributed by atoms with van der Waals surface area (Å²) in [5.74, 6) is -0.792. The Morgan fingerprint density at radius 1 is 1.56 bits per heavy atom. The number of nitrogens with two attached hydrogens (primary N) is 1. The van der Waals surface area contributed by atoms with E-state index in [0.717, 1.165) is 23.5 Å². The van der Waals surface area contributed by atoms with E-state index in [1.807, 2.05) is 19.2 Å². The first-order valence-electron chi connectivity index (χ1n) is 5.47. The van der Waals surface area contributed by atoms with Crippen LogP contribution in [-0.2, 0) is 16.8 Å². The van der Waals surface area contributed by atoms with Crippen molar-refractivity contribution < 1.29 is 9.90 Å². The Kier molecular flexibility index (Phi) is 4.44. The van der Waals surface area contributed by atoms with Crippen LogP contribution in [0, 0.1) is 0 Å². The maximum atomic E-state index is 10.4. The molecule has 0 bridgehead atoms. The zero-order chi connectivity index (χ0) is 12.2. The second kappa shape index (κ2) is 5.41. The summed E-state index contributed by atoms with van der Waals surface area (Å²) in [5.41, 5.74) is 6.70. The van der Waals surface area contributed by atoms with Gasteiger partial charge in [0.1, 0.15) is 5.01 Å². The SMILES string of the molecule is CCC(N)(CC)c1nc(CCC(=O)O)cs1.